The monoisotopic (exact) mass is 373 g/mol. The van der Waals surface area contributed by atoms with Gasteiger partial charge in [-0.25, -0.2) is 9.98 Å². The molecular weight excluding hydrogens is 338 g/mol. The normalized spacial score (nSPS) is 16.2. The van der Waals surface area contributed by atoms with Gasteiger partial charge in [0.25, 0.3) is 0 Å². The minimum absolute atomic E-state index is 0.465. The fourth-order valence-electron chi connectivity index (χ4n) is 3.10. The van der Waals surface area contributed by atoms with Crippen LogP contribution in [0.15, 0.2) is 35.5 Å². The average Bonchev–Trinajstić information content (AvgIpc) is 2.66. The Labute approximate surface area is 164 Å². The lowest BCUT2D eigenvalue weighted by Gasteiger charge is -2.33. The Morgan fingerprint density at radius 3 is 2.70 bits per heavy atom. The maximum Gasteiger partial charge on any atom is 0.213 e. The van der Waals surface area contributed by atoms with E-state index in [9.17, 15) is 0 Å². The number of pyridine rings is 1. The molecular formula is C21H35N5O. The Balaban J connectivity index is 1.84. The maximum absolute atomic E-state index is 5.53. The molecule has 0 radical (unpaired) electrons. The van der Waals surface area contributed by atoms with Crippen LogP contribution < -0.4 is 15.4 Å². The van der Waals surface area contributed by atoms with Crippen molar-refractivity contribution in [1.29, 1.82) is 0 Å². The van der Waals surface area contributed by atoms with Crippen molar-refractivity contribution in [3.8, 4) is 5.88 Å². The summed E-state index contributed by atoms with van der Waals surface area (Å²) in [5.74, 6) is 1.55. The molecule has 0 unspecified atom stereocenters. The van der Waals surface area contributed by atoms with Crippen molar-refractivity contribution >= 4 is 5.96 Å². The first-order valence-electron chi connectivity index (χ1n) is 10.1. The molecule has 6 nitrogen and oxygen atoms in total. The van der Waals surface area contributed by atoms with Gasteiger partial charge in [-0.2, -0.15) is 0 Å². The Morgan fingerprint density at radius 2 is 2.11 bits per heavy atom. The van der Waals surface area contributed by atoms with Crippen molar-refractivity contribution in [2.45, 2.75) is 52.6 Å². The van der Waals surface area contributed by atoms with E-state index in [0.717, 1.165) is 57.0 Å². The SMILES string of the molecule is C=C(C)CN1CCC(NC(=NCc2ccc(OCCC)nc2)NCC)CC1. The summed E-state index contributed by atoms with van der Waals surface area (Å²) in [6, 6.07) is 4.41. The Kier molecular flexibility index (Phi) is 9.11. The van der Waals surface area contributed by atoms with Crippen LogP contribution in [0.1, 0.15) is 45.6 Å². The third-order valence-corrected chi connectivity index (χ3v) is 4.44. The van der Waals surface area contributed by atoms with E-state index in [1.54, 1.807) is 0 Å². The minimum atomic E-state index is 0.465. The summed E-state index contributed by atoms with van der Waals surface area (Å²) in [5, 5.41) is 6.93. The number of likely N-dealkylation sites (tertiary alicyclic amines) is 1. The zero-order chi connectivity index (χ0) is 19.5. The van der Waals surface area contributed by atoms with E-state index in [1.807, 2.05) is 18.3 Å². The Morgan fingerprint density at radius 1 is 1.33 bits per heavy atom. The molecule has 2 heterocycles. The molecule has 1 aliphatic rings. The summed E-state index contributed by atoms with van der Waals surface area (Å²) in [6.45, 7) is 15.7. The summed E-state index contributed by atoms with van der Waals surface area (Å²) >= 11 is 0. The molecule has 0 saturated carbocycles. The van der Waals surface area contributed by atoms with Gasteiger partial charge >= 0.3 is 0 Å². The lowest BCUT2D eigenvalue weighted by atomic mass is 10.0. The number of guanidine groups is 1. The molecule has 0 amide bonds. The summed E-state index contributed by atoms with van der Waals surface area (Å²) in [5.41, 5.74) is 2.31. The molecule has 6 heteroatoms. The number of hydrogen-bond acceptors (Lipinski definition) is 4. The molecule has 0 spiro atoms. The fraction of sp³-hybridized carbons (Fsp3) is 0.619. The predicted octanol–water partition coefficient (Wildman–Crippen LogP) is 2.97. The van der Waals surface area contributed by atoms with E-state index in [0.29, 0.717) is 25.1 Å². The second-order valence-electron chi connectivity index (χ2n) is 7.20. The topological polar surface area (TPSA) is 61.8 Å². The van der Waals surface area contributed by atoms with Crippen molar-refractivity contribution in [3.63, 3.8) is 0 Å². The molecule has 1 fully saturated rings. The highest BCUT2D eigenvalue weighted by atomic mass is 16.5. The molecule has 0 aliphatic carbocycles. The van der Waals surface area contributed by atoms with Gasteiger partial charge in [-0.3, -0.25) is 4.90 Å². The number of aliphatic imine (C=N–C) groups is 1. The van der Waals surface area contributed by atoms with E-state index in [-0.39, 0.29) is 0 Å². The van der Waals surface area contributed by atoms with E-state index < -0.39 is 0 Å². The van der Waals surface area contributed by atoms with Crippen LogP contribution in [-0.2, 0) is 6.54 Å². The van der Waals surface area contributed by atoms with Crippen molar-refractivity contribution in [2.75, 3.05) is 32.8 Å². The second kappa shape index (κ2) is 11.6. The van der Waals surface area contributed by atoms with E-state index >= 15 is 0 Å². The van der Waals surface area contributed by atoms with Crippen LogP contribution in [0.2, 0.25) is 0 Å². The first-order valence-corrected chi connectivity index (χ1v) is 10.1. The molecule has 27 heavy (non-hydrogen) atoms. The van der Waals surface area contributed by atoms with Gasteiger partial charge in [0.05, 0.1) is 13.2 Å². The third kappa shape index (κ3) is 7.99. The number of rotatable bonds is 9. The molecule has 0 atom stereocenters. The van der Waals surface area contributed by atoms with Crippen molar-refractivity contribution in [2.24, 2.45) is 4.99 Å². The maximum atomic E-state index is 5.53. The van der Waals surface area contributed by atoms with Gasteiger partial charge < -0.3 is 15.4 Å². The second-order valence-corrected chi connectivity index (χ2v) is 7.20. The predicted molar refractivity (Wildman–Crippen MR) is 112 cm³/mol. The fourth-order valence-corrected chi connectivity index (χ4v) is 3.10. The number of ether oxygens (including phenoxy) is 1. The Hall–Kier alpha value is -2.08. The lowest BCUT2D eigenvalue weighted by molar-refractivity contribution is 0.221. The Bertz CT molecular complexity index is 591. The van der Waals surface area contributed by atoms with Gasteiger partial charge in [0.1, 0.15) is 0 Å². The smallest absolute Gasteiger partial charge is 0.213 e. The molecule has 1 aromatic rings. The summed E-state index contributed by atoms with van der Waals surface area (Å²) in [7, 11) is 0. The van der Waals surface area contributed by atoms with Gasteiger partial charge in [0.2, 0.25) is 5.88 Å². The van der Waals surface area contributed by atoms with Gasteiger partial charge in [0.15, 0.2) is 5.96 Å². The van der Waals surface area contributed by atoms with Crippen LogP contribution >= 0.6 is 0 Å². The van der Waals surface area contributed by atoms with E-state index in [1.165, 1.54) is 5.57 Å². The number of aromatic nitrogens is 1. The van der Waals surface area contributed by atoms with Crippen LogP contribution in [0.5, 0.6) is 5.88 Å². The van der Waals surface area contributed by atoms with Crippen LogP contribution in [0.4, 0.5) is 0 Å². The zero-order valence-corrected chi connectivity index (χ0v) is 17.1. The summed E-state index contributed by atoms with van der Waals surface area (Å²) < 4.78 is 5.53. The zero-order valence-electron chi connectivity index (χ0n) is 17.1. The van der Waals surface area contributed by atoms with Crippen LogP contribution in [-0.4, -0.2) is 54.7 Å². The highest BCUT2D eigenvalue weighted by molar-refractivity contribution is 5.80. The van der Waals surface area contributed by atoms with Crippen LogP contribution in [0.25, 0.3) is 0 Å². The van der Waals surface area contributed by atoms with Crippen molar-refractivity contribution < 1.29 is 4.74 Å². The third-order valence-electron chi connectivity index (χ3n) is 4.44. The number of piperidine rings is 1. The van der Waals surface area contributed by atoms with E-state index in [4.69, 9.17) is 9.73 Å². The van der Waals surface area contributed by atoms with Gasteiger partial charge in [-0.15, -0.1) is 0 Å². The quantitative estimate of drug-likeness (QED) is 0.396. The standard InChI is InChI=1S/C21H35N5O/c1-5-13-27-20-8-7-18(14-23-20)15-24-21(22-6-2)25-19-9-11-26(12-10-19)16-17(3)4/h7-8,14,19H,3,5-6,9-13,15-16H2,1-2,4H3,(H2,22,24,25). The molecule has 1 aromatic heterocycles. The number of nitrogens with one attached hydrogen (secondary N) is 2. The number of hydrogen-bond donors (Lipinski definition) is 2. The lowest BCUT2D eigenvalue weighted by Crippen LogP contribution is -2.48. The summed E-state index contributed by atoms with van der Waals surface area (Å²) in [4.78, 5) is 11.5. The molecule has 2 rings (SSSR count). The average molecular weight is 374 g/mol. The van der Waals surface area contributed by atoms with Gasteiger partial charge in [0, 0.05) is 44.5 Å². The summed E-state index contributed by atoms with van der Waals surface area (Å²) in [6.07, 6.45) is 5.08. The largest absolute Gasteiger partial charge is 0.478 e. The molecule has 0 bridgehead atoms. The molecule has 2 N–H and O–H groups in total. The van der Waals surface area contributed by atoms with Crippen LogP contribution in [0.3, 0.4) is 0 Å². The molecule has 150 valence electrons. The number of nitrogens with zero attached hydrogens (tertiary/aromatic N) is 3. The van der Waals surface area contributed by atoms with Crippen LogP contribution in [0, 0.1) is 0 Å². The first-order chi connectivity index (χ1) is 13.1. The highest BCUT2D eigenvalue weighted by Gasteiger charge is 2.19. The van der Waals surface area contributed by atoms with Crippen molar-refractivity contribution in [3.05, 3.63) is 36.0 Å². The molecule has 1 saturated heterocycles. The minimum Gasteiger partial charge on any atom is -0.478 e. The van der Waals surface area contributed by atoms with Crippen molar-refractivity contribution in [1.82, 2.24) is 20.5 Å². The van der Waals surface area contributed by atoms with Gasteiger partial charge in [-0.05, 0) is 38.7 Å². The van der Waals surface area contributed by atoms with E-state index in [2.05, 4.69) is 47.9 Å². The first kappa shape index (κ1) is 21.2. The van der Waals surface area contributed by atoms with Gasteiger partial charge in [-0.1, -0.05) is 25.1 Å². The highest BCUT2D eigenvalue weighted by Crippen LogP contribution is 2.12. The molecule has 1 aliphatic heterocycles. The molecule has 0 aromatic carbocycles.